The van der Waals surface area contributed by atoms with Crippen molar-refractivity contribution >= 4 is 28.9 Å². The number of carbonyl (C=O) groups excluding carboxylic acids is 3. The second-order valence-electron chi connectivity index (χ2n) is 4.92. The second-order valence-corrected chi connectivity index (χ2v) is 4.92. The standard InChI is InChI=1S/C15H12N2O4/c18-8-9-2-1-3-11-10(9)6-7-17(15(11)21)12-4-5-13(19)16-14(12)20/h1-3,6-8,12H,4-5H2,(H,16,19,20). The summed E-state index contributed by atoms with van der Waals surface area (Å²) < 4.78 is 1.32. The van der Waals surface area contributed by atoms with E-state index in [-0.39, 0.29) is 17.9 Å². The number of imide groups is 1. The van der Waals surface area contributed by atoms with E-state index in [1.54, 1.807) is 24.3 Å². The maximum atomic E-state index is 12.5. The lowest BCUT2D eigenvalue weighted by Crippen LogP contribution is -2.44. The summed E-state index contributed by atoms with van der Waals surface area (Å²) >= 11 is 0. The smallest absolute Gasteiger partial charge is 0.259 e. The normalized spacial score (nSPS) is 18.6. The van der Waals surface area contributed by atoms with Crippen molar-refractivity contribution in [3.63, 3.8) is 0 Å². The highest BCUT2D eigenvalue weighted by molar-refractivity contribution is 6.00. The van der Waals surface area contributed by atoms with Crippen LogP contribution < -0.4 is 10.9 Å². The highest BCUT2D eigenvalue weighted by atomic mass is 16.2. The Hall–Kier alpha value is -2.76. The van der Waals surface area contributed by atoms with Crippen LogP contribution in [0.15, 0.2) is 35.3 Å². The van der Waals surface area contributed by atoms with Crippen LogP contribution >= 0.6 is 0 Å². The van der Waals surface area contributed by atoms with Gasteiger partial charge in [0.05, 0.1) is 0 Å². The lowest BCUT2D eigenvalue weighted by molar-refractivity contribution is -0.135. The zero-order valence-electron chi connectivity index (χ0n) is 11.0. The molecule has 1 aromatic heterocycles. The van der Waals surface area contributed by atoms with E-state index in [1.807, 2.05) is 0 Å². The number of hydrogen-bond donors (Lipinski definition) is 1. The molecule has 1 aliphatic rings. The number of nitrogens with one attached hydrogen (secondary N) is 1. The first-order valence-corrected chi connectivity index (χ1v) is 6.54. The van der Waals surface area contributed by atoms with Gasteiger partial charge in [0.1, 0.15) is 6.04 Å². The third-order valence-corrected chi connectivity index (χ3v) is 3.68. The van der Waals surface area contributed by atoms with E-state index in [1.165, 1.54) is 10.8 Å². The lowest BCUT2D eigenvalue weighted by Gasteiger charge is -2.23. The minimum Gasteiger partial charge on any atom is -0.302 e. The molecule has 2 amide bonds. The molecule has 0 bridgehead atoms. The van der Waals surface area contributed by atoms with Gasteiger partial charge in [-0.15, -0.1) is 0 Å². The van der Waals surface area contributed by atoms with Crippen LogP contribution in [-0.4, -0.2) is 22.7 Å². The molecule has 21 heavy (non-hydrogen) atoms. The van der Waals surface area contributed by atoms with E-state index < -0.39 is 11.9 Å². The number of aldehydes is 1. The monoisotopic (exact) mass is 284 g/mol. The van der Waals surface area contributed by atoms with Crippen molar-refractivity contribution in [1.29, 1.82) is 0 Å². The predicted octanol–water partition coefficient (Wildman–Crippen LogP) is 0.792. The number of piperidine rings is 1. The van der Waals surface area contributed by atoms with E-state index in [2.05, 4.69) is 5.32 Å². The third kappa shape index (κ3) is 2.14. The summed E-state index contributed by atoms with van der Waals surface area (Å²) in [5.41, 5.74) is 0.0886. The highest BCUT2D eigenvalue weighted by Gasteiger charge is 2.28. The molecule has 2 heterocycles. The van der Waals surface area contributed by atoms with Crippen LogP contribution in [-0.2, 0) is 9.59 Å². The van der Waals surface area contributed by atoms with Crippen LogP contribution in [0, 0.1) is 0 Å². The van der Waals surface area contributed by atoms with Crippen molar-refractivity contribution < 1.29 is 14.4 Å². The lowest BCUT2D eigenvalue weighted by atomic mass is 10.0. The van der Waals surface area contributed by atoms with Gasteiger partial charge in [0.2, 0.25) is 11.8 Å². The van der Waals surface area contributed by atoms with Crippen LogP contribution in [0.3, 0.4) is 0 Å². The van der Waals surface area contributed by atoms with Crippen molar-refractivity contribution in [2.75, 3.05) is 0 Å². The summed E-state index contributed by atoms with van der Waals surface area (Å²) in [4.78, 5) is 46.5. The van der Waals surface area contributed by atoms with Gasteiger partial charge in [0.25, 0.3) is 5.56 Å². The zero-order valence-corrected chi connectivity index (χ0v) is 11.0. The SMILES string of the molecule is O=Cc1cccc2c(=O)n(C3CCC(=O)NC3=O)ccc12. The number of aromatic nitrogens is 1. The van der Waals surface area contributed by atoms with Gasteiger partial charge < -0.3 is 4.57 Å². The van der Waals surface area contributed by atoms with Crippen LogP contribution in [0.2, 0.25) is 0 Å². The number of rotatable bonds is 2. The number of hydrogen-bond acceptors (Lipinski definition) is 4. The van der Waals surface area contributed by atoms with Crippen molar-refractivity contribution in [2.24, 2.45) is 0 Å². The summed E-state index contributed by atoms with van der Waals surface area (Å²) in [6, 6.07) is 5.82. The predicted molar refractivity (Wildman–Crippen MR) is 75.0 cm³/mol. The molecule has 1 atom stereocenters. The van der Waals surface area contributed by atoms with E-state index >= 15 is 0 Å². The number of benzene rings is 1. The maximum Gasteiger partial charge on any atom is 0.259 e. The van der Waals surface area contributed by atoms with Crippen molar-refractivity contribution in [3.05, 3.63) is 46.4 Å². The Kier molecular flexibility index (Phi) is 3.13. The van der Waals surface area contributed by atoms with Gasteiger partial charge in [0, 0.05) is 23.6 Å². The molecule has 106 valence electrons. The minimum absolute atomic E-state index is 0.204. The topological polar surface area (TPSA) is 85.2 Å². The van der Waals surface area contributed by atoms with Crippen molar-refractivity contribution in [2.45, 2.75) is 18.9 Å². The Morgan fingerprint density at radius 3 is 2.67 bits per heavy atom. The van der Waals surface area contributed by atoms with Crippen molar-refractivity contribution in [3.8, 4) is 0 Å². The Morgan fingerprint density at radius 1 is 1.14 bits per heavy atom. The molecule has 3 rings (SSSR count). The molecule has 0 saturated carbocycles. The first kappa shape index (κ1) is 13.2. The average molecular weight is 284 g/mol. The van der Waals surface area contributed by atoms with Gasteiger partial charge in [-0.05, 0) is 23.9 Å². The summed E-state index contributed by atoms with van der Waals surface area (Å²) in [5, 5.41) is 3.17. The molecule has 0 spiro atoms. The largest absolute Gasteiger partial charge is 0.302 e. The molecule has 0 radical (unpaired) electrons. The molecular weight excluding hydrogens is 272 g/mol. The van der Waals surface area contributed by atoms with Gasteiger partial charge in [0.15, 0.2) is 6.29 Å². The average Bonchev–Trinajstić information content (AvgIpc) is 2.48. The molecule has 6 nitrogen and oxygen atoms in total. The Bertz CT molecular complexity index is 822. The second kappa shape index (κ2) is 4.97. The van der Waals surface area contributed by atoms with Gasteiger partial charge >= 0.3 is 0 Å². The van der Waals surface area contributed by atoms with Gasteiger partial charge in [-0.25, -0.2) is 0 Å². The Labute approximate surface area is 119 Å². The molecule has 1 unspecified atom stereocenters. The van der Waals surface area contributed by atoms with Crippen LogP contribution in [0.4, 0.5) is 0 Å². The number of nitrogens with zero attached hydrogens (tertiary/aromatic N) is 1. The van der Waals surface area contributed by atoms with Crippen molar-refractivity contribution in [1.82, 2.24) is 9.88 Å². The molecule has 1 aliphatic heterocycles. The number of fused-ring (bicyclic) bond motifs is 1. The number of amides is 2. The molecule has 2 aromatic rings. The first-order valence-electron chi connectivity index (χ1n) is 6.54. The summed E-state index contributed by atoms with van der Waals surface area (Å²) in [5.74, 6) is -0.799. The fourth-order valence-electron chi connectivity index (χ4n) is 2.61. The van der Waals surface area contributed by atoms with Crippen LogP contribution in [0.1, 0.15) is 29.2 Å². The fraction of sp³-hybridized carbons (Fsp3) is 0.200. The van der Waals surface area contributed by atoms with E-state index in [0.29, 0.717) is 29.0 Å². The first-order chi connectivity index (χ1) is 10.1. The molecule has 6 heteroatoms. The molecular formula is C15H12N2O4. The zero-order chi connectivity index (χ0) is 15.0. The van der Waals surface area contributed by atoms with Crippen LogP contribution in [0.5, 0.6) is 0 Å². The van der Waals surface area contributed by atoms with Gasteiger partial charge in [-0.1, -0.05) is 12.1 Å². The van der Waals surface area contributed by atoms with Gasteiger partial charge in [-0.2, -0.15) is 0 Å². The Morgan fingerprint density at radius 2 is 1.95 bits per heavy atom. The number of pyridine rings is 1. The molecule has 1 fully saturated rings. The van der Waals surface area contributed by atoms with Crippen LogP contribution in [0.25, 0.3) is 10.8 Å². The molecule has 1 saturated heterocycles. The minimum atomic E-state index is -0.695. The molecule has 0 aliphatic carbocycles. The van der Waals surface area contributed by atoms with Gasteiger partial charge in [-0.3, -0.25) is 24.5 Å². The third-order valence-electron chi connectivity index (χ3n) is 3.68. The summed E-state index contributed by atoms with van der Waals surface area (Å²) in [7, 11) is 0. The molecule has 1 aromatic carbocycles. The van der Waals surface area contributed by atoms with E-state index in [0.717, 1.165) is 0 Å². The maximum absolute atomic E-state index is 12.5. The summed E-state index contributed by atoms with van der Waals surface area (Å²) in [6.07, 6.45) is 2.69. The fourth-order valence-corrected chi connectivity index (χ4v) is 2.61. The van der Waals surface area contributed by atoms with E-state index in [4.69, 9.17) is 0 Å². The quantitative estimate of drug-likeness (QED) is 0.652. The Balaban J connectivity index is 2.15. The molecule has 1 N–H and O–H groups in total. The highest BCUT2D eigenvalue weighted by Crippen LogP contribution is 2.19. The summed E-state index contributed by atoms with van der Waals surface area (Å²) in [6.45, 7) is 0. The van der Waals surface area contributed by atoms with E-state index in [9.17, 15) is 19.2 Å². The number of carbonyl (C=O) groups is 3.